The van der Waals surface area contributed by atoms with Crippen molar-refractivity contribution in [1.82, 2.24) is 4.90 Å². The second-order valence-electron chi connectivity index (χ2n) is 5.33. The molecule has 1 N–H and O–H groups in total. The van der Waals surface area contributed by atoms with Gasteiger partial charge in [0.15, 0.2) is 11.5 Å². The van der Waals surface area contributed by atoms with Crippen LogP contribution in [0.15, 0.2) is 18.2 Å². The summed E-state index contributed by atoms with van der Waals surface area (Å²) in [5.41, 5.74) is -0.394. The zero-order valence-electron chi connectivity index (χ0n) is 11.5. The van der Waals surface area contributed by atoms with Crippen LogP contribution in [-0.4, -0.2) is 48.3 Å². The van der Waals surface area contributed by atoms with Gasteiger partial charge < -0.3 is 19.5 Å². The summed E-state index contributed by atoms with van der Waals surface area (Å²) in [5, 5.41) is 9.74. The minimum Gasteiger partial charge on any atom is -0.486 e. The molecule has 0 aliphatic carbocycles. The maximum atomic E-state index is 12.2. The molecule has 2 rings (SSSR count). The van der Waals surface area contributed by atoms with Crippen LogP contribution in [0.4, 0.5) is 0 Å². The molecule has 0 bridgehead atoms. The van der Waals surface area contributed by atoms with E-state index in [1.54, 1.807) is 39.1 Å². The molecule has 0 atom stereocenters. The van der Waals surface area contributed by atoms with E-state index in [1.165, 1.54) is 4.90 Å². The molecule has 1 aromatic rings. The maximum absolute atomic E-state index is 12.2. The third-order valence-corrected chi connectivity index (χ3v) is 2.76. The molecule has 0 fully saturated rings. The van der Waals surface area contributed by atoms with Crippen LogP contribution in [0.1, 0.15) is 24.2 Å². The zero-order valence-corrected chi connectivity index (χ0v) is 11.5. The highest BCUT2D eigenvalue weighted by molar-refractivity contribution is 5.94. The first kappa shape index (κ1) is 13.7. The van der Waals surface area contributed by atoms with E-state index in [4.69, 9.17) is 9.47 Å². The van der Waals surface area contributed by atoms with E-state index in [0.29, 0.717) is 30.3 Å². The van der Waals surface area contributed by atoms with Crippen LogP contribution in [0.3, 0.4) is 0 Å². The van der Waals surface area contributed by atoms with E-state index < -0.39 is 5.60 Å². The van der Waals surface area contributed by atoms with Crippen LogP contribution in [0.5, 0.6) is 11.5 Å². The summed E-state index contributed by atoms with van der Waals surface area (Å²) < 4.78 is 10.9. The van der Waals surface area contributed by atoms with Gasteiger partial charge >= 0.3 is 0 Å². The van der Waals surface area contributed by atoms with Gasteiger partial charge in [-0.05, 0) is 32.0 Å². The second kappa shape index (κ2) is 5.09. The highest BCUT2D eigenvalue weighted by atomic mass is 16.6. The summed E-state index contributed by atoms with van der Waals surface area (Å²) in [5.74, 6) is 1.10. The number of nitrogens with zero attached hydrogens (tertiary/aromatic N) is 1. The van der Waals surface area contributed by atoms with E-state index >= 15 is 0 Å². The Morgan fingerprint density at radius 3 is 2.58 bits per heavy atom. The number of ether oxygens (including phenoxy) is 2. The van der Waals surface area contributed by atoms with Crippen molar-refractivity contribution < 1.29 is 19.4 Å². The van der Waals surface area contributed by atoms with Crippen LogP contribution in [0, 0.1) is 0 Å². The molecular weight excluding hydrogens is 246 g/mol. The average Bonchev–Trinajstić information content (AvgIpc) is 2.35. The SMILES string of the molecule is CN(CC(C)(C)O)C(=O)c1ccc2c(c1)OCCO2. The van der Waals surface area contributed by atoms with Gasteiger partial charge in [-0.3, -0.25) is 4.79 Å². The van der Waals surface area contributed by atoms with Gasteiger partial charge in [-0.2, -0.15) is 0 Å². The number of rotatable bonds is 3. The Bertz CT molecular complexity index is 479. The molecule has 1 heterocycles. The Hall–Kier alpha value is -1.75. The zero-order chi connectivity index (χ0) is 14.0. The first-order valence-corrected chi connectivity index (χ1v) is 6.24. The van der Waals surface area contributed by atoms with Crippen LogP contribution in [-0.2, 0) is 0 Å². The lowest BCUT2D eigenvalue weighted by molar-refractivity contribution is 0.0367. The minimum atomic E-state index is -0.918. The molecule has 0 saturated heterocycles. The Labute approximate surface area is 112 Å². The topological polar surface area (TPSA) is 59.0 Å². The summed E-state index contributed by atoms with van der Waals surface area (Å²) in [6.07, 6.45) is 0. The van der Waals surface area contributed by atoms with Crippen molar-refractivity contribution >= 4 is 5.91 Å². The van der Waals surface area contributed by atoms with Crippen molar-refractivity contribution in [2.45, 2.75) is 19.4 Å². The molecular formula is C14H19NO4. The lowest BCUT2D eigenvalue weighted by Gasteiger charge is -2.26. The Morgan fingerprint density at radius 1 is 1.32 bits per heavy atom. The quantitative estimate of drug-likeness (QED) is 0.895. The van der Waals surface area contributed by atoms with Gasteiger partial charge in [0.25, 0.3) is 5.91 Å². The Kier molecular flexibility index (Phi) is 3.66. The summed E-state index contributed by atoms with van der Waals surface area (Å²) >= 11 is 0. The molecule has 1 amide bonds. The molecule has 1 aliphatic heterocycles. The van der Waals surface area contributed by atoms with Crippen LogP contribution in [0.2, 0.25) is 0 Å². The lowest BCUT2D eigenvalue weighted by Crippen LogP contribution is -2.39. The van der Waals surface area contributed by atoms with Gasteiger partial charge in [0.2, 0.25) is 0 Å². The van der Waals surface area contributed by atoms with E-state index in [0.717, 1.165) is 0 Å². The average molecular weight is 265 g/mol. The highest BCUT2D eigenvalue weighted by Gasteiger charge is 2.22. The third kappa shape index (κ3) is 3.38. The molecule has 0 saturated carbocycles. The highest BCUT2D eigenvalue weighted by Crippen LogP contribution is 2.31. The van der Waals surface area contributed by atoms with Crippen molar-refractivity contribution in [3.05, 3.63) is 23.8 Å². The number of amides is 1. The number of aliphatic hydroxyl groups is 1. The molecule has 104 valence electrons. The normalized spacial score (nSPS) is 14.1. The van der Waals surface area contributed by atoms with E-state index in [9.17, 15) is 9.90 Å². The molecule has 0 aromatic heterocycles. The summed E-state index contributed by atoms with van der Waals surface area (Å²) in [6.45, 7) is 4.62. The van der Waals surface area contributed by atoms with Crippen molar-refractivity contribution in [1.29, 1.82) is 0 Å². The number of fused-ring (bicyclic) bond motifs is 1. The number of likely N-dealkylation sites (N-methyl/N-ethyl adjacent to an activating group) is 1. The Morgan fingerprint density at radius 2 is 1.95 bits per heavy atom. The molecule has 0 radical (unpaired) electrons. The first-order valence-electron chi connectivity index (χ1n) is 6.24. The van der Waals surface area contributed by atoms with Gasteiger partial charge in [-0.15, -0.1) is 0 Å². The number of carbonyl (C=O) groups excluding carboxylic acids is 1. The second-order valence-corrected chi connectivity index (χ2v) is 5.33. The van der Waals surface area contributed by atoms with E-state index in [2.05, 4.69) is 0 Å². The van der Waals surface area contributed by atoms with Crippen molar-refractivity contribution in [3.8, 4) is 11.5 Å². The van der Waals surface area contributed by atoms with Gasteiger partial charge in [-0.25, -0.2) is 0 Å². The molecule has 1 aliphatic rings. The van der Waals surface area contributed by atoms with Gasteiger partial charge in [-0.1, -0.05) is 0 Å². The fraction of sp³-hybridized carbons (Fsp3) is 0.500. The molecule has 0 unspecified atom stereocenters. The number of hydrogen-bond acceptors (Lipinski definition) is 4. The van der Waals surface area contributed by atoms with Gasteiger partial charge in [0, 0.05) is 19.2 Å². The Balaban J connectivity index is 2.15. The predicted molar refractivity (Wildman–Crippen MR) is 70.7 cm³/mol. The van der Waals surface area contributed by atoms with Gasteiger partial charge in [0.1, 0.15) is 13.2 Å². The van der Waals surface area contributed by atoms with Crippen molar-refractivity contribution in [3.63, 3.8) is 0 Å². The number of carbonyl (C=O) groups is 1. The smallest absolute Gasteiger partial charge is 0.253 e. The molecule has 19 heavy (non-hydrogen) atoms. The lowest BCUT2D eigenvalue weighted by atomic mass is 10.1. The summed E-state index contributed by atoms with van der Waals surface area (Å²) in [4.78, 5) is 13.7. The largest absolute Gasteiger partial charge is 0.486 e. The third-order valence-electron chi connectivity index (χ3n) is 2.76. The minimum absolute atomic E-state index is 0.154. The molecule has 5 nitrogen and oxygen atoms in total. The standard InChI is InChI=1S/C14H19NO4/c1-14(2,17)9-15(3)13(16)10-4-5-11-12(8-10)19-7-6-18-11/h4-5,8,17H,6-7,9H2,1-3H3. The van der Waals surface area contributed by atoms with Crippen molar-refractivity contribution in [2.24, 2.45) is 0 Å². The monoisotopic (exact) mass is 265 g/mol. The van der Waals surface area contributed by atoms with Gasteiger partial charge in [0.05, 0.1) is 5.60 Å². The fourth-order valence-corrected chi connectivity index (χ4v) is 2.05. The molecule has 0 spiro atoms. The first-order chi connectivity index (χ1) is 8.87. The summed E-state index contributed by atoms with van der Waals surface area (Å²) in [6, 6.07) is 5.12. The van der Waals surface area contributed by atoms with Crippen LogP contribution in [0.25, 0.3) is 0 Å². The summed E-state index contributed by atoms with van der Waals surface area (Å²) in [7, 11) is 1.66. The number of hydrogen-bond donors (Lipinski definition) is 1. The predicted octanol–water partition coefficient (Wildman–Crippen LogP) is 1.30. The number of benzene rings is 1. The van der Waals surface area contributed by atoms with E-state index in [1.807, 2.05) is 0 Å². The van der Waals surface area contributed by atoms with E-state index in [-0.39, 0.29) is 12.5 Å². The van der Waals surface area contributed by atoms with Crippen LogP contribution >= 0.6 is 0 Å². The van der Waals surface area contributed by atoms with Crippen molar-refractivity contribution in [2.75, 3.05) is 26.8 Å². The van der Waals surface area contributed by atoms with Crippen LogP contribution < -0.4 is 9.47 Å². The molecule has 1 aromatic carbocycles. The maximum Gasteiger partial charge on any atom is 0.253 e. The molecule has 5 heteroatoms. The fourth-order valence-electron chi connectivity index (χ4n) is 2.05.